The fourth-order valence-electron chi connectivity index (χ4n) is 1.43. The van der Waals surface area contributed by atoms with Crippen molar-refractivity contribution in [1.82, 2.24) is 0 Å². The van der Waals surface area contributed by atoms with Gasteiger partial charge in [0.2, 0.25) is 0 Å². The number of ether oxygens (including phenoxy) is 1. The van der Waals surface area contributed by atoms with Gasteiger partial charge in [0.25, 0.3) is 0 Å². The first-order valence-corrected chi connectivity index (χ1v) is 5.35. The summed E-state index contributed by atoms with van der Waals surface area (Å²) in [6.45, 7) is 4.67. The minimum absolute atomic E-state index is 0.0862. The summed E-state index contributed by atoms with van der Waals surface area (Å²) in [5.74, 6) is 0.0265. The van der Waals surface area contributed by atoms with Crippen LogP contribution in [-0.4, -0.2) is 19.8 Å². The van der Waals surface area contributed by atoms with E-state index in [0.717, 1.165) is 0 Å². The van der Waals surface area contributed by atoms with Crippen LogP contribution in [0.15, 0.2) is 18.2 Å². The molecule has 0 aliphatic carbocycles. The molecule has 0 saturated carbocycles. The fourth-order valence-corrected chi connectivity index (χ4v) is 1.43. The van der Waals surface area contributed by atoms with E-state index in [-0.39, 0.29) is 11.9 Å². The van der Waals surface area contributed by atoms with Gasteiger partial charge in [0, 0.05) is 12.8 Å². The lowest BCUT2D eigenvalue weighted by Gasteiger charge is -2.23. The van der Waals surface area contributed by atoms with E-state index in [0.29, 0.717) is 23.9 Å². The molecule has 3 N–H and O–H groups in total. The standard InChI is InChI=1S/C12H19FN2O/c1-8(2)12(7-16-3)15-11-5-4-9(14)6-10(11)13/h4-6,8,12,15H,7,14H2,1-3H3. The summed E-state index contributed by atoms with van der Waals surface area (Å²) in [6.07, 6.45) is 0. The van der Waals surface area contributed by atoms with Gasteiger partial charge in [0.05, 0.1) is 18.3 Å². The third-order valence-corrected chi connectivity index (χ3v) is 2.49. The van der Waals surface area contributed by atoms with Crippen molar-refractivity contribution < 1.29 is 9.13 Å². The van der Waals surface area contributed by atoms with E-state index in [4.69, 9.17) is 10.5 Å². The number of methoxy groups -OCH3 is 1. The number of nitrogens with two attached hydrogens (primary N) is 1. The van der Waals surface area contributed by atoms with Gasteiger partial charge in [-0.2, -0.15) is 0 Å². The Morgan fingerprint density at radius 1 is 1.44 bits per heavy atom. The Morgan fingerprint density at radius 2 is 2.12 bits per heavy atom. The average molecular weight is 226 g/mol. The minimum atomic E-state index is -0.332. The van der Waals surface area contributed by atoms with Crippen molar-refractivity contribution in [1.29, 1.82) is 0 Å². The maximum Gasteiger partial charge on any atom is 0.148 e. The second-order valence-corrected chi connectivity index (χ2v) is 4.19. The van der Waals surface area contributed by atoms with Crippen LogP contribution < -0.4 is 11.1 Å². The van der Waals surface area contributed by atoms with Gasteiger partial charge in [0.1, 0.15) is 5.82 Å². The molecule has 1 unspecified atom stereocenters. The Labute approximate surface area is 95.8 Å². The molecule has 0 aromatic heterocycles. The van der Waals surface area contributed by atoms with Gasteiger partial charge in [-0.15, -0.1) is 0 Å². The van der Waals surface area contributed by atoms with Crippen molar-refractivity contribution in [2.45, 2.75) is 19.9 Å². The molecule has 0 aliphatic heterocycles. The van der Waals surface area contributed by atoms with E-state index in [1.165, 1.54) is 6.07 Å². The first-order valence-electron chi connectivity index (χ1n) is 5.35. The van der Waals surface area contributed by atoms with Crippen LogP contribution in [0.2, 0.25) is 0 Å². The summed E-state index contributed by atoms with van der Waals surface area (Å²) in [5.41, 5.74) is 6.37. The number of halogens is 1. The molecule has 16 heavy (non-hydrogen) atoms. The van der Waals surface area contributed by atoms with Crippen LogP contribution in [0.25, 0.3) is 0 Å². The van der Waals surface area contributed by atoms with Gasteiger partial charge < -0.3 is 15.8 Å². The largest absolute Gasteiger partial charge is 0.399 e. The molecule has 1 atom stereocenters. The zero-order valence-electron chi connectivity index (χ0n) is 9.96. The second-order valence-electron chi connectivity index (χ2n) is 4.19. The maximum atomic E-state index is 13.5. The Morgan fingerprint density at radius 3 is 2.62 bits per heavy atom. The van der Waals surface area contributed by atoms with E-state index >= 15 is 0 Å². The first kappa shape index (κ1) is 12.8. The molecule has 90 valence electrons. The summed E-state index contributed by atoms with van der Waals surface area (Å²) in [4.78, 5) is 0. The molecule has 0 fully saturated rings. The van der Waals surface area contributed by atoms with Crippen molar-refractivity contribution in [2.75, 3.05) is 24.8 Å². The van der Waals surface area contributed by atoms with Crippen LogP contribution in [0.4, 0.5) is 15.8 Å². The van der Waals surface area contributed by atoms with Crippen molar-refractivity contribution in [3.8, 4) is 0 Å². The van der Waals surface area contributed by atoms with Crippen LogP contribution in [0.5, 0.6) is 0 Å². The summed E-state index contributed by atoms with van der Waals surface area (Å²) < 4.78 is 18.6. The van der Waals surface area contributed by atoms with E-state index in [9.17, 15) is 4.39 Å². The Kier molecular flexibility index (Phi) is 4.55. The smallest absolute Gasteiger partial charge is 0.148 e. The van der Waals surface area contributed by atoms with Crippen molar-refractivity contribution in [3.63, 3.8) is 0 Å². The van der Waals surface area contributed by atoms with Crippen LogP contribution in [0, 0.1) is 11.7 Å². The topological polar surface area (TPSA) is 47.3 Å². The van der Waals surface area contributed by atoms with Gasteiger partial charge in [-0.1, -0.05) is 13.8 Å². The molecular weight excluding hydrogens is 207 g/mol. The molecule has 4 heteroatoms. The SMILES string of the molecule is COCC(Nc1ccc(N)cc1F)C(C)C. The number of anilines is 2. The highest BCUT2D eigenvalue weighted by atomic mass is 19.1. The average Bonchev–Trinajstić information content (AvgIpc) is 2.20. The van der Waals surface area contributed by atoms with Gasteiger partial charge in [-0.3, -0.25) is 0 Å². The maximum absolute atomic E-state index is 13.5. The second kappa shape index (κ2) is 5.70. The van der Waals surface area contributed by atoms with Crippen molar-refractivity contribution in [3.05, 3.63) is 24.0 Å². The Bertz CT molecular complexity index is 342. The predicted molar refractivity (Wildman–Crippen MR) is 64.9 cm³/mol. The molecule has 0 amide bonds. The zero-order valence-corrected chi connectivity index (χ0v) is 9.96. The summed E-state index contributed by atoms with van der Waals surface area (Å²) >= 11 is 0. The number of nitrogen functional groups attached to an aromatic ring is 1. The molecule has 0 spiro atoms. The third-order valence-electron chi connectivity index (χ3n) is 2.49. The van der Waals surface area contributed by atoms with E-state index < -0.39 is 0 Å². The first-order chi connectivity index (χ1) is 7.54. The van der Waals surface area contributed by atoms with Gasteiger partial charge >= 0.3 is 0 Å². The van der Waals surface area contributed by atoms with Crippen LogP contribution in [0.1, 0.15) is 13.8 Å². The quantitative estimate of drug-likeness (QED) is 0.758. The lowest BCUT2D eigenvalue weighted by atomic mass is 10.0. The van der Waals surface area contributed by atoms with E-state index in [1.807, 2.05) is 0 Å². The predicted octanol–water partition coefficient (Wildman–Crippen LogP) is 2.49. The Balaban J connectivity index is 2.77. The van der Waals surface area contributed by atoms with Gasteiger partial charge in [-0.05, 0) is 24.1 Å². The molecule has 0 bridgehead atoms. The fraction of sp³-hybridized carbons (Fsp3) is 0.500. The monoisotopic (exact) mass is 226 g/mol. The number of benzene rings is 1. The third kappa shape index (κ3) is 3.38. The molecular formula is C12H19FN2O. The lowest BCUT2D eigenvalue weighted by Crippen LogP contribution is -2.30. The van der Waals surface area contributed by atoms with E-state index in [2.05, 4.69) is 19.2 Å². The number of hydrogen-bond acceptors (Lipinski definition) is 3. The molecule has 0 heterocycles. The number of hydrogen-bond donors (Lipinski definition) is 2. The van der Waals surface area contributed by atoms with E-state index in [1.54, 1.807) is 19.2 Å². The highest BCUT2D eigenvalue weighted by Crippen LogP contribution is 2.19. The summed E-state index contributed by atoms with van der Waals surface area (Å²) in [7, 11) is 1.64. The molecule has 1 rings (SSSR count). The van der Waals surface area contributed by atoms with Crippen LogP contribution >= 0.6 is 0 Å². The molecule has 0 aliphatic rings. The Hall–Kier alpha value is -1.29. The number of nitrogens with one attached hydrogen (secondary N) is 1. The van der Waals surface area contributed by atoms with Crippen LogP contribution in [0.3, 0.4) is 0 Å². The number of rotatable bonds is 5. The summed E-state index contributed by atoms with van der Waals surface area (Å²) in [5, 5.41) is 3.12. The van der Waals surface area contributed by atoms with Gasteiger partial charge in [-0.25, -0.2) is 4.39 Å². The summed E-state index contributed by atoms with van der Waals surface area (Å²) in [6, 6.07) is 4.72. The molecule has 0 saturated heterocycles. The lowest BCUT2D eigenvalue weighted by molar-refractivity contribution is 0.171. The molecule has 0 radical (unpaired) electrons. The van der Waals surface area contributed by atoms with Gasteiger partial charge in [0.15, 0.2) is 0 Å². The molecule has 1 aromatic carbocycles. The normalized spacial score (nSPS) is 12.8. The molecule has 1 aromatic rings. The van der Waals surface area contributed by atoms with Crippen molar-refractivity contribution >= 4 is 11.4 Å². The highest BCUT2D eigenvalue weighted by Gasteiger charge is 2.14. The van der Waals surface area contributed by atoms with Crippen molar-refractivity contribution in [2.24, 2.45) is 5.92 Å². The molecule has 3 nitrogen and oxygen atoms in total. The zero-order chi connectivity index (χ0) is 12.1. The van der Waals surface area contributed by atoms with Crippen LogP contribution in [-0.2, 0) is 4.74 Å². The highest BCUT2D eigenvalue weighted by molar-refractivity contribution is 5.53. The minimum Gasteiger partial charge on any atom is -0.399 e.